The van der Waals surface area contributed by atoms with Gasteiger partial charge in [0.2, 0.25) is 0 Å². The Hall–Kier alpha value is -1.58. The molecular weight excluding hydrogens is 238 g/mol. The van der Waals surface area contributed by atoms with Gasteiger partial charge in [0, 0.05) is 26.3 Å². The Morgan fingerprint density at radius 1 is 1.53 bits per heavy atom. The number of hydrogen-bond donors (Lipinski definition) is 1. The highest BCUT2D eigenvalue weighted by atomic mass is 16.2. The minimum Gasteiger partial charge on any atom is -0.369 e. The van der Waals surface area contributed by atoms with Crippen molar-refractivity contribution < 1.29 is 4.79 Å². The number of anilines is 1. The molecule has 1 fully saturated rings. The van der Waals surface area contributed by atoms with Crippen molar-refractivity contribution in [2.45, 2.75) is 32.6 Å². The maximum Gasteiger partial charge on any atom is 0.257 e. The van der Waals surface area contributed by atoms with Crippen LogP contribution in [0.5, 0.6) is 0 Å². The van der Waals surface area contributed by atoms with Gasteiger partial charge in [-0.25, -0.2) is 4.98 Å². The van der Waals surface area contributed by atoms with Gasteiger partial charge < -0.3 is 10.2 Å². The highest BCUT2D eigenvalue weighted by Crippen LogP contribution is 2.27. The van der Waals surface area contributed by atoms with E-state index in [0.29, 0.717) is 17.3 Å². The fourth-order valence-electron chi connectivity index (χ4n) is 2.31. The van der Waals surface area contributed by atoms with E-state index in [1.165, 1.54) is 19.3 Å². The molecule has 1 N–H and O–H groups in total. The first-order chi connectivity index (χ1) is 9.22. The van der Waals surface area contributed by atoms with Gasteiger partial charge in [0.05, 0.1) is 5.56 Å². The molecule has 2 rings (SSSR count). The van der Waals surface area contributed by atoms with Gasteiger partial charge in [-0.05, 0) is 37.3 Å². The lowest BCUT2D eigenvalue weighted by molar-refractivity contribution is 0.0746. The number of hydrogen-bond acceptors (Lipinski definition) is 3. The molecule has 1 aromatic rings. The van der Waals surface area contributed by atoms with Crippen molar-refractivity contribution in [3.63, 3.8) is 0 Å². The minimum absolute atomic E-state index is 0.0682. The van der Waals surface area contributed by atoms with Crippen LogP contribution in [0.1, 0.15) is 43.0 Å². The molecule has 0 aliphatic heterocycles. The summed E-state index contributed by atoms with van der Waals surface area (Å²) in [5.41, 5.74) is 0.678. The lowest BCUT2D eigenvalue weighted by atomic mass is 9.85. The highest BCUT2D eigenvalue weighted by molar-refractivity contribution is 5.98. The van der Waals surface area contributed by atoms with E-state index in [1.807, 2.05) is 24.1 Å². The predicted octanol–water partition coefficient (Wildman–Crippen LogP) is 2.78. The van der Waals surface area contributed by atoms with E-state index in [0.717, 1.165) is 19.5 Å². The number of pyridine rings is 1. The van der Waals surface area contributed by atoms with Crippen LogP contribution in [0.2, 0.25) is 0 Å². The second kappa shape index (κ2) is 6.55. The first-order valence-electron chi connectivity index (χ1n) is 7.16. The molecule has 0 atom stereocenters. The van der Waals surface area contributed by atoms with Gasteiger partial charge in [0.15, 0.2) is 0 Å². The van der Waals surface area contributed by atoms with E-state index in [-0.39, 0.29) is 5.91 Å². The second-order valence-electron chi connectivity index (χ2n) is 5.31. The maximum absolute atomic E-state index is 12.5. The molecule has 0 saturated heterocycles. The number of carbonyl (C=O) groups is 1. The fraction of sp³-hybridized carbons (Fsp3) is 0.600. The minimum atomic E-state index is 0.0682. The second-order valence-corrected chi connectivity index (χ2v) is 5.31. The summed E-state index contributed by atoms with van der Waals surface area (Å²) in [4.78, 5) is 18.6. The van der Waals surface area contributed by atoms with E-state index >= 15 is 0 Å². The molecule has 1 aromatic heterocycles. The number of nitrogens with one attached hydrogen (secondary N) is 1. The summed E-state index contributed by atoms with van der Waals surface area (Å²) in [7, 11) is 1.89. The largest absolute Gasteiger partial charge is 0.369 e. The third-order valence-corrected chi connectivity index (χ3v) is 3.68. The van der Waals surface area contributed by atoms with Crippen LogP contribution in [0.15, 0.2) is 18.3 Å². The number of carbonyl (C=O) groups excluding carboxylic acids is 1. The normalized spacial score (nSPS) is 14.8. The zero-order chi connectivity index (χ0) is 13.7. The lowest BCUT2D eigenvalue weighted by Crippen LogP contribution is -2.34. The summed E-state index contributed by atoms with van der Waals surface area (Å²) in [5.74, 6) is 1.46. The Morgan fingerprint density at radius 3 is 2.95 bits per heavy atom. The maximum atomic E-state index is 12.5. The molecule has 1 aliphatic carbocycles. The van der Waals surface area contributed by atoms with Gasteiger partial charge in [-0.1, -0.05) is 13.3 Å². The van der Waals surface area contributed by atoms with Crippen molar-refractivity contribution in [2.75, 3.05) is 25.5 Å². The molecule has 0 bridgehead atoms. The van der Waals surface area contributed by atoms with Gasteiger partial charge in [0.25, 0.3) is 5.91 Å². The molecule has 104 valence electrons. The van der Waals surface area contributed by atoms with Crippen molar-refractivity contribution >= 4 is 11.7 Å². The molecule has 0 unspecified atom stereocenters. The van der Waals surface area contributed by atoms with Crippen LogP contribution >= 0.6 is 0 Å². The van der Waals surface area contributed by atoms with Gasteiger partial charge >= 0.3 is 0 Å². The molecule has 0 spiro atoms. The third-order valence-electron chi connectivity index (χ3n) is 3.68. The first-order valence-corrected chi connectivity index (χ1v) is 7.16. The van der Waals surface area contributed by atoms with Crippen LogP contribution in [-0.2, 0) is 0 Å². The van der Waals surface area contributed by atoms with Crippen molar-refractivity contribution in [3.8, 4) is 0 Å². The Kier molecular flexibility index (Phi) is 4.77. The Morgan fingerprint density at radius 2 is 2.32 bits per heavy atom. The van der Waals surface area contributed by atoms with E-state index < -0.39 is 0 Å². The molecule has 19 heavy (non-hydrogen) atoms. The molecule has 0 aromatic carbocycles. The Labute approximate surface area is 115 Å². The molecule has 1 heterocycles. The van der Waals surface area contributed by atoms with Gasteiger partial charge in [-0.3, -0.25) is 4.79 Å². The number of amides is 1. The number of rotatable bonds is 6. The van der Waals surface area contributed by atoms with E-state index in [9.17, 15) is 4.79 Å². The Balaban J connectivity index is 2.04. The average Bonchev–Trinajstić information content (AvgIpc) is 2.39. The predicted molar refractivity (Wildman–Crippen MR) is 77.3 cm³/mol. The summed E-state index contributed by atoms with van der Waals surface area (Å²) in [6.07, 6.45) is 6.56. The van der Waals surface area contributed by atoms with E-state index in [4.69, 9.17) is 0 Å². The van der Waals surface area contributed by atoms with Crippen molar-refractivity contribution in [1.82, 2.24) is 9.88 Å². The molecule has 0 radical (unpaired) electrons. The first kappa shape index (κ1) is 13.8. The van der Waals surface area contributed by atoms with Crippen molar-refractivity contribution in [3.05, 3.63) is 23.9 Å². The topological polar surface area (TPSA) is 45.2 Å². The van der Waals surface area contributed by atoms with Crippen LogP contribution in [0.3, 0.4) is 0 Å². The van der Waals surface area contributed by atoms with Gasteiger partial charge in [-0.2, -0.15) is 0 Å². The molecule has 1 aliphatic rings. The third kappa shape index (κ3) is 3.46. The fourth-order valence-corrected chi connectivity index (χ4v) is 2.31. The van der Waals surface area contributed by atoms with Crippen molar-refractivity contribution in [1.29, 1.82) is 0 Å². The molecular formula is C15H23N3O. The summed E-state index contributed by atoms with van der Waals surface area (Å²) < 4.78 is 0. The van der Waals surface area contributed by atoms with Crippen LogP contribution in [-0.4, -0.2) is 35.9 Å². The summed E-state index contributed by atoms with van der Waals surface area (Å²) in [5, 5.41) is 3.22. The Bertz CT molecular complexity index is 429. The highest BCUT2D eigenvalue weighted by Gasteiger charge is 2.23. The molecule has 1 saturated carbocycles. The van der Waals surface area contributed by atoms with Crippen molar-refractivity contribution in [2.24, 2.45) is 5.92 Å². The van der Waals surface area contributed by atoms with E-state index in [1.54, 1.807) is 6.20 Å². The standard InChI is InChI=1S/C15H23N3O/c1-3-9-16-14-13(8-5-10-17-14)15(19)18(2)11-12-6-4-7-12/h5,8,10,12H,3-4,6-7,9,11H2,1-2H3,(H,16,17). The smallest absolute Gasteiger partial charge is 0.257 e. The van der Waals surface area contributed by atoms with Crippen LogP contribution in [0.4, 0.5) is 5.82 Å². The van der Waals surface area contributed by atoms with Gasteiger partial charge in [-0.15, -0.1) is 0 Å². The zero-order valence-electron chi connectivity index (χ0n) is 11.9. The monoisotopic (exact) mass is 261 g/mol. The number of aromatic nitrogens is 1. The molecule has 4 nitrogen and oxygen atoms in total. The van der Waals surface area contributed by atoms with Crippen LogP contribution < -0.4 is 5.32 Å². The SMILES string of the molecule is CCCNc1ncccc1C(=O)N(C)CC1CCC1. The van der Waals surface area contributed by atoms with Crippen LogP contribution in [0, 0.1) is 5.92 Å². The zero-order valence-corrected chi connectivity index (χ0v) is 11.9. The van der Waals surface area contributed by atoms with Gasteiger partial charge in [0.1, 0.15) is 5.82 Å². The quantitative estimate of drug-likeness (QED) is 0.856. The molecule has 1 amide bonds. The summed E-state index contributed by atoms with van der Waals surface area (Å²) in [6.45, 7) is 3.80. The van der Waals surface area contributed by atoms with E-state index in [2.05, 4.69) is 17.2 Å². The summed E-state index contributed by atoms with van der Waals surface area (Å²) in [6, 6.07) is 3.67. The number of nitrogens with zero attached hydrogens (tertiary/aromatic N) is 2. The molecule has 4 heteroatoms. The van der Waals surface area contributed by atoms with Crippen LogP contribution in [0.25, 0.3) is 0 Å². The average molecular weight is 261 g/mol. The lowest BCUT2D eigenvalue weighted by Gasteiger charge is -2.30. The summed E-state index contributed by atoms with van der Waals surface area (Å²) >= 11 is 0.